The highest BCUT2D eigenvalue weighted by Crippen LogP contribution is 2.57. The molecule has 1 heterocycles. The minimum atomic E-state index is 0.364. The second kappa shape index (κ2) is 3.12. The van der Waals surface area contributed by atoms with E-state index >= 15 is 0 Å². The molecule has 0 aromatic carbocycles. The molecule has 0 amide bonds. The lowest BCUT2D eigenvalue weighted by atomic mass is 10.1. The first-order valence-corrected chi connectivity index (χ1v) is 5.63. The Labute approximate surface area is 89.6 Å². The summed E-state index contributed by atoms with van der Waals surface area (Å²) in [6.07, 6.45) is 4.44. The van der Waals surface area contributed by atoms with E-state index in [0.717, 1.165) is 23.5 Å². The van der Waals surface area contributed by atoms with Crippen molar-refractivity contribution in [2.75, 3.05) is 5.73 Å². The minimum absolute atomic E-state index is 0.364. The number of pyridine rings is 1. The molecule has 0 bridgehead atoms. The van der Waals surface area contributed by atoms with Gasteiger partial charge in [-0.2, -0.15) is 0 Å². The van der Waals surface area contributed by atoms with E-state index < -0.39 is 0 Å². The van der Waals surface area contributed by atoms with Gasteiger partial charge >= 0.3 is 0 Å². The van der Waals surface area contributed by atoms with Gasteiger partial charge in [0.05, 0.1) is 6.10 Å². The molecule has 0 radical (unpaired) electrons. The molecule has 0 aliphatic heterocycles. The van der Waals surface area contributed by atoms with Crippen molar-refractivity contribution in [3.63, 3.8) is 0 Å². The monoisotopic (exact) mass is 204 g/mol. The quantitative estimate of drug-likeness (QED) is 0.802. The normalized spacial score (nSPS) is 37.4. The van der Waals surface area contributed by atoms with Crippen molar-refractivity contribution < 1.29 is 4.74 Å². The van der Waals surface area contributed by atoms with Gasteiger partial charge in [-0.05, 0) is 42.7 Å². The fourth-order valence-corrected chi connectivity index (χ4v) is 2.90. The van der Waals surface area contributed by atoms with Crippen molar-refractivity contribution >= 4 is 5.82 Å². The van der Waals surface area contributed by atoms with Gasteiger partial charge < -0.3 is 10.5 Å². The van der Waals surface area contributed by atoms with Gasteiger partial charge in [0.1, 0.15) is 0 Å². The van der Waals surface area contributed by atoms with Crippen molar-refractivity contribution in [3.05, 3.63) is 18.3 Å². The van der Waals surface area contributed by atoms with E-state index in [1.54, 1.807) is 6.20 Å². The summed E-state index contributed by atoms with van der Waals surface area (Å²) < 4.78 is 5.87. The smallest absolute Gasteiger partial charge is 0.166 e. The summed E-state index contributed by atoms with van der Waals surface area (Å²) >= 11 is 0. The van der Waals surface area contributed by atoms with Crippen molar-refractivity contribution in [1.82, 2.24) is 4.98 Å². The van der Waals surface area contributed by atoms with Crippen molar-refractivity contribution in [2.24, 2.45) is 17.8 Å². The van der Waals surface area contributed by atoms with E-state index in [-0.39, 0.29) is 0 Å². The van der Waals surface area contributed by atoms with E-state index in [2.05, 4.69) is 11.9 Å². The molecule has 3 rings (SSSR count). The summed E-state index contributed by atoms with van der Waals surface area (Å²) in [6.45, 7) is 2.34. The van der Waals surface area contributed by atoms with Crippen LogP contribution in [0.4, 0.5) is 5.82 Å². The maximum atomic E-state index is 5.87. The van der Waals surface area contributed by atoms with E-state index in [1.165, 1.54) is 12.8 Å². The number of anilines is 1. The van der Waals surface area contributed by atoms with Gasteiger partial charge in [-0.15, -0.1) is 0 Å². The van der Waals surface area contributed by atoms with Crippen LogP contribution in [-0.4, -0.2) is 11.1 Å². The molecule has 0 saturated heterocycles. The summed E-state index contributed by atoms with van der Waals surface area (Å²) in [4.78, 5) is 4.02. The average Bonchev–Trinajstić information content (AvgIpc) is 2.67. The first kappa shape index (κ1) is 9.01. The number of ether oxygens (including phenoxy) is 1. The zero-order chi connectivity index (χ0) is 10.4. The molecule has 3 nitrogen and oxygen atoms in total. The second-order valence-corrected chi connectivity index (χ2v) is 4.78. The fraction of sp³-hybridized carbons (Fsp3) is 0.583. The zero-order valence-corrected chi connectivity index (χ0v) is 8.89. The maximum absolute atomic E-state index is 5.87. The SMILES string of the molecule is CC1C2CC(Oc3cccnc3N)CC12. The molecular formula is C12H16N2O. The number of rotatable bonds is 2. The lowest BCUT2D eigenvalue weighted by Crippen LogP contribution is -2.16. The third-order valence-electron chi connectivity index (χ3n) is 3.92. The molecule has 15 heavy (non-hydrogen) atoms. The van der Waals surface area contributed by atoms with E-state index in [1.807, 2.05) is 12.1 Å². The number of nitrogen functional groups attached to an aromatic ring is 1. The molecule has 0 spiro atoms. The highest BCUT2D eigenvalue weighted by Gasteiger charge is 2.53. The van der Waals surface area contributed by atoms with Gasteiger partial charge in [0.25, 0.3) is 0 Å². The molecule has 2 atom stereocenters. The molecule has 1 aromatic heterocycles. The summed E-state index contributed by atoms with van der Waals surface area (Å²) in [5.41, 5.74) is 5.74. The molecule has 2 aliphatic carbocycles. The van der Waals surface area contributed by atoms with Crippen LogP contribution in [0.15, 0.2) is 18.3 Å². The van der Waals surface area contributed by atoms with Crippen LogP contribution in [0.5, 0.6) is 5.75 Å². The second-order valence-electron chi connectivity index (χ2n) is 4.78. The topological polar surface area (TPSA) is 48.1 Å². The number of fused-ring (bicyclic) bond motifs is 1. The van der Waals surface area contributed by atoms with E-state index in [9.17, 15) is 0 Å². The number of nitrogens with two attached hydrogens (primary N) is 1. The van der Waals surface area contributed by atoms with E-state index in [0.29, 0.717) is 11.9 Å². The third-order valence-corrected chi connectivity index (χ3v) is 3.92. The summed E-state index contributed by atoms with van der Waals surface area (Å²) in [7, 11) is 0. The maximum Gasteiger partial charge on any atom is 0.166 e. The van der Waals surface area contributed by atoms with Crippen LogP contribution in [0.25, 0.3) is 0 Å². The Morgan fingerprint density at radius 3 is 2.80 bits per heavy atom. The van der Waals surface area contributed by atoms with Crippen LogP contribution < -0.4 is 10.5 Å². The summed E-state index contributed by atoms with van der Waals surface area (Å²) in [5, 5.41) is 0. The van der Waals surface area contributed by atoms with Gasteiger partial charge in [-0.1, -0.05) is 6.92 Å². The van der Waals surface area contributed by atoms with Crippen LogP contribution in [-0.2, 0) is 0 Å². The van der Waals surface area contributed by atoms with Gasteiger partial charge in [-0.3, -0.25) is 0 Å². The van der Waals surface area contributed by atoms with Crippen LogP contribution in [0.1, 0.15) is 19.8 Å². The van der Waals surface area contributed by atoms with Crippen molar-refractivity contribution in [3.8, 4) is 5.75 Å². The molecule has 2 unspecified atom stereocenters. The molecule has 2 aliphatic rings. The highest BCUT2D eigenvalue weighted by molar-refractivity contribution is 5.44. The lowest BCUT2D eigenvalue weighted by molar-refractivity contribution is 0.188. The fourth-order valence-electron chi connectivity index (χ4n) is 2.90. The molecule has 2 N–H and O–H groups in total. The Bertz CT molecular complexity index is 368. The first-order chi connectivity index (χ1) is 7.25. The van der Waals surface area contributed by atoms with Gasteiger partial charge in [0.2, 0.25) is 0 Å². The minimum Gasteiger partial charge on any atom is -0.487 e. The van der Waals surface area contributed by atoms with Gasteiger partial charge in [0, 0.05) is 6.20 Å². The number of aromatic nitrogens is 1. The van der Waals surface area contributed by atoms with Crippen molar-refractivity contribution in [2.45, 2.75) is 25.9 Å². The van der Waals surface area contributed by atoms with Crippen LogP contribution in [0.3, 0.4) is 0 Å². The number of hydrogen-bond acceptors (Lipinski definition) is 3. The lowest BCUT2D eigenvalue weighted by Gasteiger charge is -2.16. The standard InChI is InChI=1S/C12H16N2O/c1-7-9-5-8(6-10(7)9)15-11-3-2-4-14-12(11)13/h2-4,7-10H,5-6H2,1H3,(H2,13,14). The molecule has 2 saturated carbocycles. The Hall–Kier alpha value is -1.25. The highest BCUT2D eigenvalue weighted by atomic mass is 16.5. The number of hydrogen-bond donors (Lipinski definition) is 1. The van der Waals surface area contributed by atoms with Crippen LogP contribution >= 0.6 is 0 Å². The molecule has 80 valence electrons. The summed E-state index contributed by atoms with van der Waals surface area (Å²) in [5.74, 6) is 4.00. The molecule has 2 fully saturated rings. The van der Waals surface area contributed by atoms with Gasteiger partial charge in [0.15, 0.2) is 11.6 Å². The first-order valence-electron chi connectivity index (χ1n) is 5.63. The third kappa shape index (κ3) is 1.46. The summed E-state index contributed by atoms with van der Waals surface area (Å²) in [6, 6.07) is 3.76. The van der Waals surface area contributed by atoms with Crippen LogP contribution in [0.2, 0.25) is 0 Å². The van der Waals surface area contributed by atoms with Crippen molar-refractivity contribution in [1.29, 1.82) is 0 Å². The number of nitrogens with zero attached hydrogens (tertiary/aromatic N) is 1. The van der Waals surface area contributed by atoms with Gasteiger partial charge in [-0.25, -0.2) is 4.98 Å². The zero-order valence-electron chi connectivity index (χ0n) is 8.89. The average molecular weight is 204 g/mol. The predicted molar refractivity (Wildman–Crippen MR) is 58.4 cm³/mol. The Morgan fingerprint density at radius 1 is 1.40 bits per heavy atom. The Balaban J connectivity index is 1.65. The Morgan fingerprint density at radius 2 is 2.13 bits per heavy atom. The molecular weight excluding hydrogens is 188 g/mol. The molecule has 3 heteroatoms. The van der Waals surface area contributed by atoms with E-state index in [4.69, 9.17) is 10.5 Å². The Kier molecular flexibility index (Phi) is 1.87. The molecule has 1 aromatic rings. The predicted octanol–water partition coefficient (Wildman–Crippen LogP) is 2.09. The largest absolute Gasteiger partial charge is 0.487 e. The van der Waals surface area contributed by atoms with Crippen LogP contribution in [0, 0.1) is 17.8 Å².